The number of halogens is 5. The average Bonchev–Trinajstić information content (AvgIpc) is 3.50. The molecule has 1 aliphatic rings. The van der Waals surface area contributed by atoms with E-state index >= 15 is 0 Å². The Morgan fingerprint density at radius 1 is 1.12 bits per heavy atom. The predicted octanol–water partition coefficient (Wildman–Crippen LogP) is 7.14. The number of nitrogens with two attached hydrogens (primary N) is 1. The molecule has 2 aromatic heterocycles. The Morgan fingerprint density at radius 3 is 2.48 bits per heavy atom. The third-order valence-electron chi connectivity index (χ3n) is 7.19. The van der Waals surface area contributed by atoms with E-state index in [0.717, 1.165) is 25.7 Å². The number of hydrogen-bond donors (Lipinski definition) is 3. The van der Waals surface area contributed by atoms with E-state index in [1.165, 1.54) is 24.8 Å². The van der Waals surface area contributed by atoms with Crippen molar-refractivity contribution in [1.29, 1.82) is 0 Å². The summed E-state index contributed by atoms with van der Waals surface area (Å²) in [5.74, 6) is -4.39. The first-order chi connectivity index (χ1) is 19.0. The number of rotatable bonds is 6. The van der Waals surface area contributed by atoms with Crippen molar-refractivity contribution in [3.8, 4) is 5.75 Å². The van der Waals surface area contributed by atoms with Crippen molar-refractivity contribution in [2.75, 3.05) is 7.11 Å². The molecule has 6 nitrogen and oxygen atoms in total. The summed E-state index contributed by atoms with van der Waals surface area (Å²) >= 11 is 4.47. The molecular weight excluding hydrogens is 571 g/mol. The number of nitrogens with zero attached hydrogens (tertiary/aromatic N) is 2. The molecule has 4 aromatic rings. The largest absolute Gasteiger partial charge is 0.493 e. The van der Waals surface area contributed by atoms with E-state index in [1.807, 2.05) is 30.3 Å². The predicted molar refractivity (Wildman–Crippen MR) is 146 cm³/mol. The molecule has 0 aliphatic carbocycles. The van der Waals surface area contributed by atoms with Crippen molar-refractivity contribution in [3.05, 3.63) is 83.3 Å². The summed E-state index contributed by atoms with van der Waals surface area (Å²) < 4.78 is 82.4. The van der Waals surface area contributed by atoms with Crippen molar-refractivity contribution in [2.24, 2.45) is 11.1 Å². The van der Waals surface area contributed by atoms with Crippen molar-refractivity contribution in [1.82, 2.24) is 15.0 Å². The van der Waals surface area contributed by atoms with Gasteiger partial charge in [-0.2, -0.15) is 17.6 Å². The lowest BCUT2D eigenvalue weighted by molar-refractivity contribution is -0.275. The minimum Gasteiger partial charge on any atom is -0.493 e. The molecule has 1 aliphatic heterocycles. The zero-order chi connectivity index (χ0) is 29.2. The van der Waals surface area contributed by atoms with E-state index in [-0.39, 0.29) is 11.4 Å². The summed E-state index contributed by atoms with van der Waals surface area (Å²) in [6.07, 6.45) is -4.41. The molecule has 2 aromatic carbocycles. The lowest BCUT2D eigenvalue weighted by Crippen LogP contribution is -2.46. The number of nitrogens with one attached hydrogen (secondary N) is 1. The maximum atomic E-state index is 14.6. The van der Waals surface area contributed by atoms with Gasteiger partial charge in [0.2, 0.25) is 5.82 Å². The normalized spacial score (nSPS) is 22.7. The summed E-state index contributed by atoms with van der Waals surface area (Å²) in [6.45, 7) is 2.34. The van der Waals surface area contributed by atoms with Crippen molar-refractivity contribution in [2.45, 2.75) is 48.4 Å². The highest BCUT2D eigenvalue weighted by molar-refractivity contribution is 7.98. The van der Waals surface area contributed by atoms with Crippen LogP contribution in [-0.4, -0.2) is 33.8 Å². The molecule has 0 bridgehead atoms. The van der Waals surface area contributed by atoms with E-state index in [2.05, 4.69) is 32.9 Å². The smallest absolute Gasteiger partial charge is 0.417 e. The Kier molecular flexibility index (Phi) is 8.98. The van der Waals surface area contributed by atoms with Crippen molar-refractivity contribution >= 4 is 35.6 Å². The van der Waals surface area contributed by atoms with Crippen LogP contribution in [0.15, 0.2) is 59.8 Å². The topological polar surface area (TPSA) is 86.0 Å². The van der Waals surface area contributed by atoms with Gasteiger partial charge in [-0.15, -0.1) is 12.8 Å². The van der Waals surface area contributed by atoms with Crippen LogP contribution in [0.4, 0.5) is 22.0 Å². The highest BCUT2D eigenvalue weighted by Crippen LogP contribution is 2.59. The van der Waals surface area contributed by atoms with Gasteiger partial charge in [0, 0.05) is 29.3 Å². The Balaban J connectivity index is 0.00000181. The summed E-state index contributed by atoms with van der Waals surface area (Å²) in [5.41, 5.74) is -0.393. The number of fused-ring (bicyclic) bond motifs is 1. The Bertz CT molecular complexity index is 1470. The third kappa shape index (κ3) is 5.39. The summed E-state index contributed by atoms with van der Waals surface area (Å²) in [5, 5.41) is 4.79. The number of thiol groups is 1. The maximum Gasteiger partial charge on any atom is 0.417 e. The van der Waals surface area contributed by atoms with Crippen LogP contribution in [0, 0.1) is 17.6 Å². The second-order valence-corrected chi connectivity index (χ2v) is 10.3. The van der Waals surface area contributed by atoms with Crippen molar-refractivity contribution < 1.29 is 31.4 Å². The first-order valence-corrected chi connectivity index (χ1v) is 13.6. The van der Waals surface area contributed by atoms with Crippen LogP contribution in [0.2, 0.25) is 0 Å². The van der Waals surface area contributed by atoms with Gasteiger partial charge < -0.3 is 14.5 Å². The van der Waals surface area contributed by atoms with Gasteiger partial charge in [-0.3, -0.25) is 5.14 Å². The third-order valence-corrected chi connectivity index (χ3v) is 8.24. The molecule has 40 heavy (non-hydrogen) atoms. The van der Waals surface area contributed by atoms with E-state index in [9.17, 15) is 22.0 Å². The molecule has 3 N–H and O–H groups in total. The zero-order valence-corrected chi connectivity index (χ0v) is 23.4. The van der Waals surface area contributed by atoms with Gasteiger partial charge in [-0.25, -0.2) is 14.4 Å². The molecule has 5 rings (SSSR count). The molecule has 0 spiro atoms. The molecular formula is C27H27F5N4O2S2. The minimum absolute atomic E-state index is 0.0640. The number of imidazole rings is 1. The number of alkyl halides is 3. The van der Waals surface area contributed by atoms with Crippen LogP contribution in [0.3, 0.4) is 0 Å². The SMILES string of the molecule is COc1c(C2C(c3nc4c(SCc5ccccc5)nccc4[nH]3)O[C@@](C)(C(F)(F)F)C2C)ccc(F)c1F.NS. The summed E-state index contributed by atoms with van der Waals surface area (Å²) in [4.78, 5) is 12.1. The highest BCUT2D eigenvalue weighted by atomic mass is 32.2. The zero-order valence-electron chi connectivity index (χ0n) is 21.7. The Morgan fingerprint density at radius 2 is 1.82 bits per heavy atom. The molecule has 1 fully saturated rings. The van der Waals surface area contributed by atoms with Crippen LogP contribution < -0.4 is 9.88 Å². The van der Waals surface area contributed by atoms with Gasteiger partial charge in [0.1, 0.15) is 22.5 Å². The Hall–Kier alpha value is -2.87. The summed E-state index contributed by atoms with van der Waals surface area (Å²) in [7, 11) is 1.14. The van der Waals surface area contributed by atoms with E-state index in [1.54, 1.807) is 12.3 Å². The van der Waals surface area contributed by atoms with Crippen LogP contribution in [-0.2, 0) is 10.5 Å². The lowest BCUT2D eigenvalue weighted by Gasteiger charge is -2.32. The fourth-order valence-corrected chi connectivity index (χ4v) is 5.87. The first kappa shape index (κ1) is 30.1. The number of benzene rings is 2. The van der Waals surface area contributed by atoms with Crippen LogP contribution in [0.5, 0.6) is 5.75 Å². The fourth-order valence-electron chi connectivity index (χ4n) is 4.95. The van der Waals surface area contributed by atoms with Gasteiger partial charge >= 0.3 is 6.18 Å². The van der Waals surface area contributed by atoms with Crippen LogP contribution in [0.25, 0.3) is 11.0 Å². The molecule has 214 valence electrons. The average molecular weight is 599 g/mol. The number of aromatic amines is 1. The number of hydrogen-bond acceptors (Lipinski definition) is 7. The second kappa shape index (κ2) is 11.9. The standard InChI is InChI=1S/C27H24F5N3O2S.H3NS/c1-14-19(16-9-10-17(28)20(29)22(16)36-3)23(37-26(14,2)27(30,31)32)24-34-18-11-12-33-25(21(18)35-24)38-13-15-7-5-4-6-8-15;1-2/h4-12,14,19,23H,13H2,1-3H3,(H,34,35);2H,1H2/t14?,19?,23?,26-;/m1./s1. The number of methoxy groups -OCH3 is 1. The molecule has 0 amide bonds. The maximum absolute atomic E-state index is 14.6. The number of thioether (sulfide) groups is 1. The number of H-pyrrole nitrogens is 1. The van der Waals surface area contributed by atoms with Gasteiger partial charge in [-0.1, -0.05) is 55.1 Å². The van der Waals surface area contributed by atoms with E-state index in [0.29, 0.717) is 21.8 Å². The number of aromatic nitrogens is 3. The summed E-state index contributed by atoms with van der Waals surface area (Å²) in [6, 6.07) is 13.5. The van der Waals surface area contributed by atoms with E-state index in [4.69, 9.17) is 9.47 Å². The number of pyridine rings is 1. The van der Waals surface area contributed by atoms with Gasteiger partial charge in [0.25, 0.3) is 0 Å². The van der Waals surface area contributed by atoms with Crippen molar-refractivity contribution in [3.63, 3.8) is 0 Å². The molecule has 1 saturated heterocycles. The fraction of sp³-hybridized carbons (Fsp3) is 0.333. The molecule has 0 radical (unpaired) electrons. The minimum atomic E-state index is -4.74. The monoisotopic (exact) mass is 598 g/mol. The molecule has 13 heteroatoms. The molecule has 3 unspecified atom stereocenters. The first-order valence-electron chi connectivity index (χ1n) is 12.1. The van der Waals surface area contributed by atoms with Gasteiger partial charge in [-0.05, 0) is 24.6 Å². The Labute approximate surface area is 237 Å². The molecule has 4 atom stereocenters. The number of ether oxygens (including phenoxy) is 2. The van der Waals surface area contributed by atoms with Gasteiger partial charge in [0.15, 0.2) is 17.2 Å². The molecule has 0 saturated carbocycles. The second-order valence-electron chi connectivity index (χ2n) is 9.35. The van der Waals surface area contributed by atoms with Crippen LogP contribution in [0.1, 0.15) is 42.8 Å². The lowest BCUT2D eigenvalue weighted by atomic mass is 9.77. The van der Waals surface area contributed by atoms with E-state index < -0.39 is 47.1 Å². The molecule has 3 heterocycles. The van der Waals surface area contributed by atoms with Crippen LogP contribution >= 0.6 is 24.6 Å². The van der Waals surface area contributed by atoms with Gasteiger partial charge in [0.05, 0.1) is 12.6 Å². The quantitative estimate of drug-likeness (QED) is 0.124. The highest BCUT2D eigenvalue weighted by Gasteiger charge is 2.65.